The fourth-order valence-corrected chi connectivity index (χ4v) is 5.39. The van der Waals surface area contributed by atoms with E-state index in [1.54, 1.807) is 6.07 Å². The molecule has 0 saturated heterocycles. The average molecular weight is 591 g/mol. The largest absolute Gasteiger partial charge is 0.354 e. The fourth-order valence-electron chi connectivity index (χ4n) is 4.09. The van der Waals surface area contributed by atoms with Crippen LogP contribution in [0.3, 0.4) is 0 Å². The van der Waals surface area contributed by atoms with Crippen molar-refractivity contribution in [2.75, 3.05) is 23.7 Å². The van der Waals surface area contributed by atoms with Gasteiger partial charge >= 0.3 is 0 Å². The molecule has 3 aromatic carbocycles. The first-order valence-corrected chi connectivity index (χ1v) is 15.2. The van der Waals surface area contributed by atoms with Crippen molar-refractivity contribution in [3.8, 4) is 0 Å². The Hall–Kier alpha value is -3.07. The molecule has 0 aromatic heterocycles. The van der Waals surface area contributed by atoms with Gasteiger partial charge in [0.25, 0.3) is 0 Å². The molecule has 10 heteroatoms. The number of halogens is 2. The van der Waals surface area contributed by atoms with Crippen molar-refractivity contribution >= 4 is 50.7 Å². The van der Waals surface area contributed by atoms with E-state index in [4.69, 9.17) is 23.2 Å². The van der Waals surface area contributed by atoms with E-state index in [-0.39, 0.29) is 34.6 Å². The van der Waals surface area contributed by atoms with Gasteiger partial charge in [0.15, 0.2) is 0 Å². The summed E-state index contributed by atoms with van der Waals surface area (Å²) in [6.07, 6.45) is 1.98. The molecule has 0 unspecified atom stereocenters. The van der Waals surface area contributed by atoms with E-state index in [1.807, 2.05) is 68.4 Å². The number of benzene rings is 3. The summed E-state index contributed by atoms with van der Waals surface area (Å²) in [5.74, 6) is -0.863. The van der Waals surface area contributed by atoms with Crippen LogP contribution >= 0.6 is 23.2 Å². The number of sulfonamides is 1. The lowest BCUT2D eigenvalue weighted by molar-refractivity contribution is -0.140. The van der Waals surface area contributed by atoms with Crippen LogP contribution in [-0.4, -0.2) is 50.5 Å². The molecule has 39 heavy (non-hydrogen) atoms. The Morgan fingerprint density at radius 2 is 1.59 bits per heavy atom. The summed E-state index contributed by atoms with van der Waals surface area (Å²) in [5.41, 5.74) is 2.82. The fraction of sp³-hybridized carbons (Fsp3) is 0.310. The summed E-state index contributed by atoms with van der Waals surface area (Å²) >= 11 is 12.5. The first-order valence-electron chi connectivity index (χ1n) is 12.6. The van der Waals surface area contributed by atoms with E-state index in [9.17, 15) is 18.0 Å². The van der Waals surface area contributed by atoms with Crippen LogP contribution < -0.4 is 9.62 Å². The van der Waals surface area contributed by atoms with E-state index < -0.39 is 28.5 Å². The van der Waals surface area contributed by atoms with Gasteiger partial charge in [-0.15, -0.1) is 0 Å². The number of nitrogens with zero attached hydrogens (tertiary/aromatic N) is 2. The Labute approximate surface area is 240 Å². The Balaban J connectivity index is 2.06. The smallest absolute Gasteiger partial charge is 0.244 e. The summed E-state index contributed by atoms with van der Waals surface area (Å²) in [5, 5.41) is 3.09. The third-order valence-corrected chi connectivity index (χ3v) is 8.11. The van der Waals surface area contributed by atoms with Crippen LogP contribution in [0.5, 0.6) is 0 Å². The third-order valence-electron chi connectivity index (χ3n) is 6.17. The van der Waals surface area contributed by atoms with E-state index in [2.05, 4.69) is 5.32 Å². The number of nitrogens with one attached hydrogen (secondary N) is 1. The maximum Gasteiger partial charge on any atom is 0.244 e. The minimum Gasteiger partial charge on any atom is -0.354 e. The number of anilines is 1. The zero-order valence-electron chi connectivity index (χ0n) is 22.2. The summed E-state index contributed by atoms with van der Waals surface area (Å²) < 4.78 is 26.6. The predicted octanol–water partition coefficient (Wildman–Crippen LogP) is 5.23. The molecule has 0 bridgehead atoms. The molecule has 208 valence electrons. The topological polar surface area (TPSA) is 86.8 Å². The SMILES string of the molecule is CCCNC(=O)[C@@H](Cc1ccccc1)N(Cc1ccc(C)cc1)C(=O)CN(c1cccc(Cl)c1Cl)S(C)(=O)=O. The molecule has 3 rings (SSSR count). The standard InChI is InChI=1S/C29H33Cl2N3O4S/c1-4-17-32-29(36)26(18-22-9-6-5-7-10-22)33(19-23-15-13-21(2)14-16-23)27(35)20-34(39(3,37)38)25-12-8-11-24(30)28(25)31/h5-16,26H,4,17-20H2,1-3H3,(H,32,36)/t26-/m1/s1. The molecule has 0 spiro atoms. The number of hydrogen-bond donors (Lipinski definition) is 1. The number of hydrogen-bond acceptors (Lipinski definition) is 4. The van der Waals surface area contributed by atoms with Crippen molar-refractivity contribution in [1.82, 2.24) is 10.2 Å². The summed E-state index contributed by atoms with van der Waals surface area (Å²) in [6.45, 7) is 3.90. The van der Waals surface area contributed by atoms with Crippen molar-refractivity contribution in [3.05, 3.63) is 99.5 Å². The van der Waals surface area contributed by atoms with Gasteiger partial charge in [-0.1, -0.05) is 96.4 Å². The Morgan fingerprint density at radius 1 is 0.923 bits per heavy atom. The highest BCUT2D eigenvalue weighted by molar-refractivity contribution is 7.92. The van der Waals surface area contributed by atoms with Crippen LogP contribution in [0.15, 0.2) is 72.8 Å². The minimum atomic E-state index is -3.94. The second-order valence-corrected chi connectivity index (χ2v) is 12.0. The lowest BCUT2D eigenvalue weighted by Crippen LogP contribution is -2.53. The van der Waals surface area contributed by atoms with Crippen molar-refractivity contribution in [3.63, 3.8) is 0 Å². The quantitative estimate of drug-likeness (QED) is 0.313. The molecule has 1 N–H and O–H groups in total. The zero-order chi connectivity index (χ0) is 28.6. The van der Waals surface area contributed by atoms with Gasteiger partial charge in [-0.05, 0) is 36.6 Å². The van der Waals surface area contributed by atoms with Gasteiger partial charge in [-0.2, -0.15) is 0 Å². The van der Waals surface area contributed by atoms with Crippen LogP contribution in [0.1, 0.15) is 30.0 Å². The van der Waals surface area contributed by atoms with Crippen molar-refractivity contribution in [1.29, 1.82) is 0 Å². The highest BCUT2D eigenvalue weighted by Gasteiger charge is 2.33. The second kappa shape index (κ2) is 13.8. The Morgan fingerprint density at radius 3 is 2.21 bits per heavy atom. The number of rotatable bonds is 12. The monoisotopic (exact) mass is 589 g/mol. The van der Waals surface area contributed by atoms with Crippen LogP contribution in [-0.2, 0) is 32.6 Å². The second-order valence-electron chi connectivity index (χ2n) is 9.35. The third kappa shape index (κ3) is 8.46. The highest BCUT2D eigenvalue weighted by atomic mass is 35.5. The highest BCUT2D eigenvalue weighted by Crippen LogP contribution is 2.33. The molecule has 0 heterocycles. The normalized spacial score (nSPS) is 12.0. The lowest BCUT2D eigenvalue weighted by Gasteiger charge is -2.33. The molecule has 0 saturated carbocycles. The lowest BCUT2D eigenvalue weighted by atomic mass is 10.0. The van der Waals surface area contributed by atoms with Gasteiger partial charge in [-0.25, -0.2) is 8.42 Å². The Kier molecular flexibility index (Phi) is 10.8. The van der Waals surface area contributed by atoms with Crippen LogP contribution in [0, 0.1) is 6.92 Å². The number of carbonyl (C=O) groups excluding carboxylic acids is 2. The van der Waals surface area contributed by atoms with E-state index in [1.165, 1.54) is 17.0 Å². The molecule has 2 amide bonds. The van der Waals surface area contributed by atoms with Gasteiger partial charge in [0.05, 0.1) is 22.0 Å². The van der Waals surface area contributed by atoms with E-state index in [0.717, 1.165) is 33.7 Å². The molecule has 0 aliphatic heterocycles. The van der Waals surface area contributed by atoms with Gasteiger partial charge in [0.2, 0.25) is 21.8 Å². The van der Waals surface area contributed by atoms with Crippen LogP contribution in [0.25, 0.3) is 0 Å². The van der Waals surface area contributed by atoms with Crippen molar-refractivity contribution < 1.29 is 18.0 Å². The number of aryl methyl sites for hydroxylation is 1. The molecular formula is C29H33Cl2N3O4S. The molecule has 7 nitrogen and oxygen atoms in total. The van der Waals surface area contributed by atoms with Gasteiger partial charge < -0.3 is 10.2 Å². The number of amides is 2. The molecule has 0 aliphatic carbocycles. The summed E-state index contributed by atoms with van der Waals surface area (Å²) in [6, 6.07) is 20.7. The van der Waals surface area contributed by atoms with E-state index in [0.29, 0.717) is 6.54 Å². The molecular weight excluding hydrogens is 557 g/mol. The average Bonchev–Trinajstić information content (AvgIpc) is 2.90. The summed E-state index contributed by atoms with van der Waals surface area (Å²) in [4.78, 5) is 28.9. The first kappa shape index (κ1) is 30.5. The zero-order valence-corrected chi connectivity index (χ0v) is 24.6. The van der Waals surface area contributed by atoms with Crippen molar-refractivity contribution in [2.45, 2.75) is 39.3 Å². The minimum absolute atomic E-state index is 0.0176. The Bertz CT molecular complexity index is 1380. The maximum atomic E-state index is 14.0. The molecule has 0 radical (unpaired) electrons. The predicted molar refractivity (Wildman–Crippen MR) is 158 cm³/mol. The summed E-state index contributed by atoms with van der Waals surface area (Å²) in [7, 11) is -3.94. The molecule has 3 aromatic rings. The maximum absolute atomic E-state index is 14.0. The van der Waals surface area contributed by atoms with Gasteiger partial charge in [0, 0.05) is 19.5 Å². The molecule has 1 atom stereocenters. The van der Waals surface area contributed by atoms with Gasteiger partial charge in [0.1, 0.15) is 12.6 Å². The molecule has 0 fully saturated rings. The van der Waals surface area contributed by atoms with Crippen LogP contribution in [0.2, 0.25) is 10.0 Å². The number of carbonyl (C=O) groups is 2. The van der Waals surface area contributed by atoms with Crippen LogP contribution in [0.4, 0.5) is 5.69 Å². The molecule has 0 aliphatic rings. The van der Waals surface area contributed by atoms with Gasteiger partial charge in [-0.3, -0.25) is 13.9 Å². The van der Waals surface area contributed by atoms with E-state index >= 15 is 0 Å². The first-order chi connectivity index (χ1) is 18.5. The van der Waals surface area contributed by atoms with Crippen molar-refractivity contribution in [2.24, 2.45) is 0 Å².